The molecule has 0 amide bonds. The summed E-state index contributed by atoms with van der Waals surface area (Å²) >= 11 is 0. The van der Waals surface area contributed by atoms with Crippen molar-refractivity contribution in [3.05, 3.63) is 24.0 Å². The number of hydrogen-bond acceptors (Lipinski definition) is 3. The molecule has 0 bridgehead atoms. The van der Waals surface area contributed by atoms with Gasteiger partial charge < -0.3 is 10.2 Å². The maximum absolute atomic E-state index is 4.23. The third kappa shape index (κ3) is 4.35. The Morgan fingerprint density at radius 3 is 2.47 bits per heavy atom. The molecule has 96 valence electrons. The Bertz CT molecular complexity index is 306. The number of hydrogen-bond donors (Lipinski definition) is 1. The second-order valence-electron chi connectivity index (χ2n) is 4.27. The fourth-order valence-electron chi connectivity index (χ4n) is 2.02. The lowest BCUT2D eigenvalue weighted by atomic mass is 10.2. The van der Waals surface area contributed by atoms with Gasteiger partial charge in [-0.3, -0.25) is 4.98 Å². The Kier molecular flexibility index (Phi) is 6.63. The maximum Gasteiger partial charge on any atom is 0.0442 e. The van der Waals surface area contributed by atoms with Gasteiger partial charge in [-0.2, -0.15) is 0 Å². The molecule has 3 nitrogen and oxygen atoms in total. The van der Waals surface area contributed by atoms with E-state index in [1.807, 2.05) is 12.4 Å². The van der Waals surface area contributed by atoms with E-state index in [0.29, 0.717) is 0 Å². The standard InChI is InChI=1S/C14H25N3/c1-4-9-17(10-5-2)14-7-8-16-12-13(14)11-15-6-3/h7-8,12,15H,4-6,9-11H2,1-3H3. The lowest BCUT2D eigenvalue weighted by Gasteiger charge is -2.26. The Morgan fingerprint density at radius 1 is 1.18 bits per heavy atom. The molecule has 1 N–H and O–H groups in total. The van der Waals surface area contributed by atoms with Crippen LogP contribution in [-0.2, 0) is 6.54 Å². The van der Waals surface area contributed by atoms with Crippen molar-refractivity contribution in [1.29, 1.82) is 0 Å². The van der Waals surface area contributed by atoms with E-state index in [2.05, 4.69) is 42.0 Å². The van der Waals surface area contributed by atoms with Crippen LogP contribution in [-0.4, -0.2) is 24.6 Å². The van der Waals surface area contributed by atoms with Gasteiger partial charge in [0.05, 0.1) is 0 Å². The third-order valence-corrected chi connectivity index (χ3v) is 2.77. The Morgan fingerprint density at radius 2 is 1.88 bits per heavy atom. The summed E-state index contributed by atoms with van der Waals surface area (Å²) in [6.45, 7) is 10.7. The smallest absolute Gasteiger partial charge is 0.0442 e. The van der Waals surface area contributed by atoms with Crippen LogP contribution in [0, 0.1) is 0 Å². The molecule has 0 atom stereocenters. The zero-order chi connectivity index (χ0) is 12.5. The van der Waals surface area contributed by atoms with Crippen LogP contribution in [0.2, 0.25) is 0 Å². The summed E-state index contributed by atoms with van der Waals surface area (Å²) in [6.07, 6.45) is 6.24. The Labute approximate surface area is 105 Å². The van der Waals surface area contributed by atoms with Crippen LogP contribution < -0.4 is 10.2 Å². The summed E-state index contributed by atoms with van der Waals surface area (Å²) < 4.78 is 0. The van der Waals surface area contributed by atoms with Crippen LogP contribution in [0.3, 0.4) is 0 Å². The first kappa shape index (κ1) is 14.0. The zero-order valence-electron chi connectivity index (χ0n) is 11.4. The van der Waals surface area contributed by atoms with E-state index in [1.165, 1.54) is 24.1 Å². The monoisotopic (exact) mass is 235 g/mol. The average molecular weight is 235 g/mol. The van der Waals surface area contributed by atoms with Gasteiger partial charge in [-0.1, -0.05) is 20.8 Å². The van der Waals surface area contributed by atoms with E-state index >= 15 is 0 Å². The van der Waals surface area contributed by atoms with Crippen molar-refractivity contribution >= 4 is 5.69 Å². The number of pyridine rings is 1. The fraction of sp³-hybridized carbons (Fsp3) is 0.643. The molecule has 0 aliphatic heterocycles. The van der Waals surface area contributed by atoms with E-state index in [4.69, 9.17) is 0 Å². The van der Waals surface area contributed by atoms with Crippen molar-refractivity contribution in [2.45, 2.75) is 40.2 Å². The molecule has 0 spiro atoms. The molecule has 0 radical (unpaired) electrons. The van der Waals surface area contributed by atoms with E-state index < -0.39 is 0 Å². The highest BCUT2D eigenvalue weighted by atomic mass is 15.1. The number of nitrogens with zero attached hydrogens (tertiary/aromatic N) is 2. The molecular weight excluding hydrogens is 210 g/mol. The quantitative estimate of drug-likeness (QED) is 0.751. The second kappa shape index (κ2) is 8.07. The molecule has 0 saturated carbocycles. The molecule has 0 fully saturated rings. The Hall–Kier alpha value is -1.09. The first-order chi connectivity index (χ1) is 8.33. The van der Waals surface area contributed by atoms with Crippen LogP contribution in [0.4, 0.5) is 5.69 Å². The first-order valence-electron chi connectivity index (χ1n) is 6.72. The van der Waals surface area contributed by atoms with Crippen molar-refractivity contribution in [1.82, 2.24) is 10.3 Å². The average Bonchev–Trinajstić information content (AvgIpc) is 2.36. The van der Waals surface area contributed by atoms with Gasteiger partial charge in [0, 0.05) is 43.3 Å². The van der Waals surface area contributed by atoms with Gasteiger partial charge in [-0.25, -0.2) is 0 Å². The second-order valence-corrected chi connectivity index (χ2v) is 4.27. The lowest BCUT2D eigenvalue weighted by molar-refractivity contribution is 0.704. The van der Waals surface area contributed by atoms with Gasteiger partial charge in [0.2, 0.25) is 0 Å². The SMILES string of the molecule is CCCN(CCC)c1ccncc1CNCC. The maximum atomic E-state index is 4.23. The van der Waals surface area contributed by atoms with Gasteiger partial charge in [-0.05, 0) is 25.5 Å². The summed E-state index contributed by atoms with van der Waals surface area (Å²) in [5.74, 6) is 0. The lowest BCUT2D eigenvalue weighted by Crippen LogP contribution is -2.27. The molecule has 3 heteroatoms. The molecule has 0 aliphatic rings. The summed E-state index contributed by atoms with van der Waals surface area (Å²) in [5.41, 5.74) is 2.64. The van der Waals surface area contributed by atoms with Crippen molar-refractivity contribution in [3.63, 3.8) is 0 Å². The summed E-state index contributed by atoms with van der Waals surface area (Å²) in [7, 11) is 0. The Balaban J connectivity index is 2.83. The highest BCUT2D eigenvalue weighted by molar-refractivity contribution is 5.52. The van der Waals surface area contributed by atoms with E-state index in [1.54, 1.807) is 0 Å². The molecule has 0 saturated heterocycles. The van der Waals surface area contributed by atoms with Crippen LogP contribution in [0.25, 0.3) is 0 Å². The van der Waals surface area contributed by atoms with Crippen LogP contribution in [0.15, 0.2) is 18.5 Å². The largest absolute Gasteiger partial charge is 0.371 e. The number of aromatic nitrogens is 1. The summed E-state index contributed by atoms with van der Waals surface area (Å²) in [5, 5.41) is 3.38. The highest BCUT2D eigenvalue weighted by Crippen LogP contribution is 2.19. The first-order valence-corrected chi connectivity index (χ1v) is 6.72. The minimum absolute atomic E-state index is 0.906. The van der Waals surface area contributed by atoms with Crippen LogP contribution >= 0.6 is 0 Å². The molecule has 1 rings (SSSR count). The molecule has 1 heterocycles. The van der Waals surface area contributed by atoms with Crippen LogP contribution in [0.1, 0.15) is 39.2 Å². The van der Waals surface area contributed by atoms with Gasteiger partial charge in [0.15, 0.2) is 0 Å². The van der Waals surface area contributed by atoms with Crippen molar-refractivity contribution in [2.75, 3.05) is 24.5 Å². The summed E-state index contributed by atoms with van der Waals surface area (Å²) in [6, 6.07) is 2.14. The van der Waals surface area contributed by atoms with Crippen molar-refractivity contribution < 1.29 is 0 Å². The van der Waals surface area contributed by atoms with Gasteiger partial charge in [0.25, 0.3) is 0 Å². The number of rotatable bonds is 8. The zero-order valence-corrected chi connectivity index (χ0v) is 11.4. The van der Waals surface area contributed by atoms with E-state index in [9.17, 15) is 0 Å². The predicted molar refractivity (Wildman–Crippen MR) is 74.4 cm³/mol. The van der Waals surface area contributed by atoms with Crippen molar-refractivity contribution in [2.24, 2.45) is 0 Å². The summed E-state index contributed by atoms with van der Waals surface area (Å²) in [4.78, 5) is 6.70. The molecule has 0 aromatic carbocycles. The van der Waals surface area contributed by atoms with E-state index in [-0.39, 0.29) is 0 Å². The molecule has 17 heavy (non-hydrogen) atoms. The van der Waals surface area contributed by atoms with Gasteiger partial charge in [-0.15, -0.1) is 0 Å². The molecule has 1 aromatic heterocycles. The highest BCUT2D eigenvalue weighted by Gasteiger charge is 2.09. The molecular formula is C14H25N3. The number of nitrogens with one attached hydrogen (secondary N) is 1. The topological polar surface area (TPSA) is 28.2 Å². The normalized spacial score (nSPS) is 10.5. The minimum atomic E-state index is 0.906. The van der Waals surface area contributed by atoms with Crippen molar-refractivity contribution in [3.8, 4) is 0 Å². The fourth-order valence-corrected chi connectivity index (χ4v) is 2.02. The van der Waals surface area contributed by atoms with Gasteiger partial charge in [0.1, 0.15) is 0 Å². The number of anilines is 1. The van der Waals surface area contributed by atoms with E-state index in [0.717, 1.165) is 26.2 Å². The minimum Gasteiger partial charge on any atom is -0.371 e. The van der Waals surface area contributed by atoms with Crippen LogP contribution in [0.5, 0.6) is 0 Å². The molecule has 1 aromatic rings. The van der Waals surface area contributed by atoms with Gasteiger partial charge >= 0.3 is 0 Å². The predicted octanol–water partition coefficient (Wildman–Crippen LogP) is 2.82. The third-order valence-electron chi connectivity index (χ3n) is 2.77. The molecule has 0 aliphatic carbocycles. The molecule has 0 unspecified atom stereocenters.